The number of nitrogens with one attached hydrogen (secondary N) is 1. The molecule has 0 aliphatic carbocycles. The number of sulfonamides is 1. The van der Waals surface area contributed by atoms with E-state index in [4.69, 9.17) is 10.8 Å². The minimum atomic E-state index is -4.04. The summed E-state index contributed by atoms with van der Waals surface area (Å²) in [6.07, 6.45) is 0. The molecule has 108 valence electrons. The van der Waals surface area contributed by atoms with Crippen LogP contribution >= 0.6 is 15.9 Å². The number of nitrogen functional groups attached to an aromatic ring is 1. The summed E-state index contributed by atoms with van der Waals surface area (Å²) in [6.45, 7) is 3.10. The molecule has 0 bridgehead atoms. The first kappa shape index (κ1) is 16.4. The fourth-order valence-corrected chi connectivity index (χ4v) is 3.46. The molecule has 1 aromatic rings. The van der Waals surface area contributed by atoms with E-state index < -0.39 is 26.8 Å². The van der Waals surface area contributed by atoms with Crippen LogP contribution in [0, 0.1) is 11.7 Å². The van der Waals surface area contributed by atoms with Crippen molar-refractivity contribution in [1.82, 2.24) is 4.72 Å². The van der Waals surface area contributed by atoms with Gasteiger partial charge in [0, 0.05) is 18.3 Å². The summed E-state index contributed by atoms with van der Waals surface area (Å²) >= 11 is 2.91. The van der Waals surface area contributed by atoms with Gasteiger partial charge in [0.25, 0.3) is 0 Å². The number of hydrogen-bond acceptors (Lipinski definition) is 4. The van der Waals surface area contributed by atoms with E-state index in [0.29, 0.717) is 0 Å². The standard InChI is InChI=1S/C11H16BrFN2O3S/c1-6(5-16)7(2)15-19(17,18)10-4-8(14)3-9(12)11(10)13/h3-4,6-7,15-16H,5,14H2,1-2H3. The zero-order valence-corrected chi connectivity index (χ0v) is 12.9. The molecule has 0 spiro atoms. The maximum Gasteiger partial charge on any atom is 0.243 e. The molecule has 0 amide bonds. The van der Waals surface area contributed by atoms with Crippen LogP contribution in [0.2, 0.25) is 0 Å². The highest BCUT2D eigenvalue weighted by atomic mass is 79.9. The molecule has 0 aromatic heterocycles. The number of benzene rings is 1. The normalized spacial score (nSPS) is 15.2. The van der Waals surface area contributed by atoms with Crippen LogP contribution in [0.3, 0.4) is 0 Å². The first-order valence-electron chi connectivity index (χ1n) is 5.56. The number of halogens is 2. The van der Waals surface area contributed by atoms with E-state index in [1.807, 2.05) is 0 Å². The van der Waals surface area contributed by atoms with Crippen molar-refractivity contribution in [1.29, 1.82) is 0 Å². The van der Waals surface area contributed by atoms with Gasteiger partial charge in [0.05, 0.1) is 4.47 Å². The number of anilines is 1. The van der Waals surface area contributed by atoms with Gasteiger partial charge in [-0.3, -0.25) is 0 Å². The topological polar surface area (TPSA) is 92.4 Å². The van der Waals surface area contributed by atoms with Crippen molar-refractivity contribution in [3.8, 4) is 0 Å². The molecule has 4 N–H and O–H groups in total. The second-order valence-corrected chi connectivity index (χ2v) is 6.92. The zero-order valence-electron chi connectivity index (χ0n) is 10.5. The van der Waals surface area contributed by atoms with Crippen molar-refractivity contribution < 1.29 is 17.9 Å². The third-order valence-corrected chi connectivity index (χ3v) is 4.92. The van der Waals surface area contributed by atoms with E-state index in [-0.39, 0.29) is 22.7 Å². The van der Waals surface area contributed by atoms with E-state index in [9.17, 15) is 12.8 Å². The number of aliphatic hydroxyl groups excluding tert-OH is 1. The van der Waals surface area contributed by atoms with Crippen molar-refractivity contribution in [2.24, 2.45) is 5.92 Å². The predicted octanol–water partition coefficient (Wildman–Crippen LogP) is 1.47. The Morgan fingerprint density at radius 2 is 2.05 bits per heavy atom. The lowest BCUT2D eigenvalue weighted by atomic mass is 10.1. The summed E-state index contributed by atoms with van der Waals surface area (Å²) in [6, 6.07) is 1.81. The van der Waals surface area contributed by atoms with Crippen molar-refractivity contribution >= 4 is 31.6 Å². The zero-order chi connectivity index (χ0) is 14.8. The van der Waals surface area contributed by atoms with E-state index in [0.717, 1.165) is 6.07 Å². The van der Waals surface area contributed by atoms with Gasteiger partial charge in [0.15, 0.2) is 5.82 Å². The van der Waals surface area contributed by atoms with Crippen LogP contribution < -0.4 is 10.5 Å². The Bertz CT molecular complexity index is 565. The number of hydrogen-bond donors (Lipinski definition) is 3. The molecular weight excluding hydrogens is 339 g/mol. The molecule has 8 heteroatoms. The third-order valence-electron chi connectivity index (χ3n) is 2.79. The van der Waals surface area contributed by atoms with E-state index >= 15 is 0 Å². The molecule has 0 fully saturated rings. The second kappa shape index (κ2) is 6.17. The highest BCUT2D eigenvalue weighted by Gasteiger charge is 2.25. The molecule has 1 rings (SSSR count). The third kappa shape index (κ3) is 3.88. The number of nitrogens with two attached hydrogens (primary N) is 1. The Balaban J connectivity index is 3.14. The van der Waals surface area contributed by atoms with Gasteiger partial charge in [-0.05, 0) is 40.9 Å². The molecule has 0 saturated carbocycles. The summed E-state index contributed by atoms with van der Waals surface area (Å²) in [4.78, 5) is -0.517. The summed E-state index contributed by atoms with van der Waals surface area (Å²) in [7, 11) is -4.04. The van der Waals surface area contributed by atoms with Gasteiger partial charge in [-0.2, -0.15) is 0 Å². The van der Waals surface area contributed by atoms with Crippen molar-refractivity contribution in [3.05, 3.63) is 22.4 Å². The molecule has 1 aromatic carbocycles. The Hall–Kier alpha value is -0.700. The van der Waals surface area contributed by atoms with Crippen LogP contribution in [-0.2, 0) is 10.0 Å². The van der Waals surface area contributed by atoms with Gasteiger partial charge in [0.1, 0.15) is 4.90 Å². The molecule has 19 heavy (non-hydrogen) atoms. The number of rotatable bonds is 5. The minimum Gasteiger partial charge on any atom is -0.399 e. The minimum absolute atomic E-state index is 0.0178. The molecule has 5 nitrogen and oxygen atoms in total. The van der Waals surface area contributed by atoms with Crippen molar-refractivity contribution in [2.45, 2.75) is 24.8 Å². The van der Waals surface area contributed by atoms with Gasteiger partial charge >= 0.3 is 0 Å². The molecule has 0 aliphatic rings. The Kier molecular flexibility index (Phi) is 5.31. The van der Waals surface area contributed by atoms with E-state index in [1.165, 1.54) is 6.07 Å². The molecule has 0 saturated heterocycles. The molecule has 0 heterocycles. The lowest BCUT2D eigenvalue weighted by Gasteiger charge is -2.19. The van der Waals surface area contributed by atoms with Crippen molar-refractivity contribution in [2.75, 3.05) is 12.3 Å². The highest BCUT2D eigenvalue weighted by Crippen LogP contribution is 2.26. The van der Waals surface area contributed by atoms with Gasteiger partial charge in [-0.25, -0.2) is 17.5 Å². The maximum atomic E-state index is 13.8. The largest absolute Gasteiger partial charge is 0.399 e. The van der Waals surface area contributed by atoms with Crippen LogP contribution in [0.25, 0.3) is 0 Å². The predicted molar refractivity (Wildman–Crippen MR) is 74.5 cm³/mol. The Morgan fingerprint density at radius 3 is 2.58 bits per heavy atom. The summed E-state index contributed by atoms with van der Waals surface area (Å²) in [5.41, 5.74) is 5.65. The molecule has 0 radical (unpaired) electrons. The SMILES string of the molecule is CC(CO)C(C)NS(=O)(=O)c1cc(N)cc(Br)c1F. The fourth-order valence-electron chi connectivity index (χ4n) is 1.36. The van der Waals surface area contributed by atoms with E-state index in [1.54, 1.807) is 13.8 Å². The second-order valence-electron chi connectivity index (χ2n) is 4.38. The first-order valence-corrected chi connectivity index (χ1v) is 7.84. The Morgan fingerprint density at radius 1 is 1.47 bits per heavy atom. The maximum absolute atomic E-state index is 13.8. The number of aliphatic hydroxyl groups is 1. The van der Waals surface area contributed by atoms with Crippen LogP contribution in [0.5, 0.6) is 0 Å². The highest BCUT2D eigenvalue weighted by molar-refractivity contribution is 9.10. The fraction of sp³-hybridized carbons (Fsp3) is 0.455. The average Bonchev–Trinajstić information content (AvgIpc) is 2.31. The van der Waals surface area contributed by atoms with E-state index in [2.05, 4.69) is 20.7 Å². The molecule has 2 unspecified atom stereocenters. The quantitative estimate of drug-likeness (QED) is 0.698. The van der Waals surface area contributed by atoms with Crippen LogP contribution in [0.1, 0.15) is 13.8 Å². The summed E-state index contributed by atoms with van der Waals surface area (Å²) in [5.74, 6) is -1.19. The summed E-state index contributed by atoms with van der Waals surface area (Å²) in [5, 5.41) is 8.98. The first-order chi connectivity index (χ1) is 8.69. The molecular formula is C11H16BrFN2O3S. The smallest absolute Gasteiger partial charge is 0.243 e. The lowest BCUT2D eigenvalue weighted by Crippen LogP contribution is -2.38. The van der Waals surface area contributed by atoms with Crippen LogP contribution in [0.15, 0.2) is 21.5 Å². The molecule has 2 atom stereocenters. The van der Waals surface area contributed by atoms with Crippen LogP contribution in [0.4, 0.5) is 10.1 Å². The van der Waals surface area contributed by atoms with Gasteiger partial charge in [0.2, 0.25) is 10.0 Å². The van der Waals surface area contributed by atoms with Crippen molar-refractivity contribution in [3.63, 3.8) is 0 Å². The van der Waals surface area contributed by atoms with Crippen LogP contribution in [-0.4, -0.2) is 26.2 Å². The average molecular weight is 355 g/mol. The Labute approximate surface area is 120 Å². The molecule has 0 aliphatic heterocycles. The summed E-state index contributed by atoms with van der Waals surface area (Å²) < 4.78 is 40.3. The van der Waals surface area contributed by atoms with Gasteiger partial charge in [-0.15, -0.1) is 0 Å². The lowest BCUT2D eigenvalue weighted by molar-refractivity contribution is 0.216. The van der Waals surface area contributed by atoms with Gasteiger partial charge in [-0.1, -0.05) is 6.92 Å². The van der Waals surface area contributed by atoms with Gasteiger partial charge < -0.3 is 10.8 Å². The monoisotopic (exact) mass is 354 g/mol.